The van der Waals surface area contributed by atoms with E-state index in [1.54, 1.807) is 12.3 Å². The molecule has 72 valence electrons. The molecule has 1 aromatic heterocycles. The van der Waals surface area contributed by atoms with Crippen molar-refractivity contribution in [1.29, 1.82) is 0 Å². The summed E-state index contributed by atoms with van der Waals surface area (Å²) in [7, 11) is 1.34. The Bertz CT molecular complexity index is 293. The van der Waals surface area contributed by atoms with Crippen molar-refractivity contribution in [3.8, 4) is 0 Å². The van der Waals surface area contributed by atoms with E-state index < -0.39 is 0 Å². The van der Waals surface area contributed by atoms with Crippen molar-refractivity contribution < 1.29 is 13.9 Å². The maximum Gasteiger partial charge on any atom is 0.307 e. The fourth-order valence-corrected chi connectivity index (χ4v) is 1.15. The van der Waals surface area contributed by atoms with Crippen molar-refractivity contribution in [2.45, 2.75) is 19.4 Å². The maximum absolute atomic E-state index is 10.9. The van der Waals surface area contributed by atoms with Crippen LogP contribution in [0.3, 0.4) is 0 Å². The van der Waals surface area contributed by atoms with Crippen LogP contribution >= 0.6 is 0 Å². The van der Waals surface area contributed by atoms with Crippen LogP contribution in [-0.4, -0.2) is 13.1 Å². The highest BCUT2D eigenvalue weighted by atomic mass is 16.5. The average molecular weight is 183 g/mol. The first-order chi connectivity index (χ1) is 6.15. The summed E-state index contributed by atoms with van der Waals surface area (Å²) < 4.78 is 9.58. The third-order valence-electron chi connectivity index (χ3n) is 1.91. The van der Waals surface area contributed by atoms with Crippen molar-refractivity contribution in [3.63, 3.8) is 0 Å². The smallest absolute Gasteiger partial charge is 0.307 e. The molecular weight excluding hydrogens is 170 g/mol. The molecule has 1 heterocycles. The zero-order valence-electron chi connectivity index (χ0n) is 7.74. The number of carbonyl (C=O) groups is 1. The van der Waals surface area contributed by atoms with E-state index in [0.717, 1.165) is 11.3 Å². The number of carbonyl (C=O) groups excluding carboxylic acids is 1. The molecule has 1 rings (SSSR count). The molecule has 0 bridgehead atoms. The Labute approximate surface area is 76.7 Å². The molecule has 0 spiro atoms. The third kappa shape index (κ3) is 2.32. The number of ether oxygens (including phenoxy) is 1. The first-order valence-corrected chi connectivity index (χ1v) is 4.01. The summed E-state index contributed by atoms with van der Waals surface area (Å²) in [6.45, 7) is 1.81. The van der Waals surface area contributed by atoms with Crippen LogP contribution in [0, 0.1) is 6.92 Å². The molecule has 0 amide bonds. The molecule has 4 nitrogen and oxygen atoms in total. The highest BCUT2D eigenvalue weighted by Gasteiger charge is 2.15. The van der Waals surface area contributed by atoms with Gasteiger partial charge in [0.05, 0.1) is 19.8 Å². The van der Waals surface area contributed by atoms with E-state index in [-0.39, 0.29) is 18.4 Å². The van der Waals surface area contributed by atoms with Crippen molar-refractivity contribution >= 4 is 5.97 Å². The normalized spacial score (nSPS) is 12.5. The van der Waals surface area contributed by atoms with Gasteiger partial charge in [-0.3, -0.25) is 4.79 Å². The molecule has 0 saturated heterocycles. The summed E-state index contributed by atoms with van der Waals surface area (Å²) in [5.41, 5.74) is 6.61. The Morgan fingerprint density at radius 2 is 2.46 bits per heavy atom. The van der Waals surface area contributed by atoms with Crippen LogP contribution < -0.4 is 5.73 Å². The van der Waals surface area contributed by atoms with E-state index in [2.05, 4.69) is 4.74 Å². The number of rotatable bonds is 3. The van der Waals surface area contributed by atoms with Crippen LogP contribution in [0.25, 0.3) is 0 Å². The van der Waals surface area contributed by atoms with E-state index in [4.69, 9.17) is 10.2 Å². The Hall–Kier alpha value is -1.29. The summed E-state index contributed by atoms with van der Waals surface area (Å²) in [5, 5.41) is 0. The Kier molecular flexibility index (Phi) is 3.08. The van der Waals surface area contributed by atoms with Gasteiger partial charge in [-0.2, -0.15) is 0 Å². The van der Waals surface area contributed by atoms with E-state index in [9.17, 15) is 4.79 Å². The van der Waals surface area contributed by atoms with Gasteiger partial charge >= 0.3 is 5.97 Å². The van der Waals surface area contributed by atoms with Crippen LogP contribution in [0.15, 0.2) is 16.7 Å². The van der Waals surface area contributed by atoms with Crippen LogP contribution in [0.5, 0.6) is 0 Å². The molecule has 0 fully saturated rings. The van der Waals surface area contributed by atoms with Crippen molar-refractivity contribution in [1.82, 2.24) is 0 Å². The predicted octanol–water partition coefficient (Wildman–Crippen LogP) is 1.15. The maximum atomic E-state index is 10.9. The minimum Gasteiger partial charge on any atom is -0.469 e. The van der Waals surface area contributed by atoms with E-state index in [1.807, 2.05) is 6.92 Å². The number of esters is 1. The highest BCUT2D eigenvalue weighted by molar-refractivity contribution is 5.70. The molecule has 13 heavy (non-hydrogen) atoms. The topological polar surface area (TPSA) is 65.5 Å². The van der Waals surface area contributed by atoms with Crippen LogP contribution in [-0.2, 0) is 9.53 Å². The second-order valence-corrected chi connectivity index (χ2v) is 2.82. The zero-order valence-corrected chi connectivity index (χ0v) is 7.74. The SMILES string of the molecule is COC(=O)CC(N)c1ccoc1C. The van der Waals surface area contributed by atoms with Gasteiger partial charge in [-0.05, 0) is 13.0 Å². The zero-order chi connectivity index (χ0) is 9.84. The third-order valence-corrected chi connectivity index (χ3v) is 1.91. The monoisotopic (exact) mass is 183 g/mol. The summed E-state index contributed by atoms with van der Waals surface area (Å²) in [4.78, 5) is 10.9. The highest BCUT2D eigenvalue weighted by Crippen LogP contribution is 2.19. The minimum absolute atomic E-state index is 0.177. The molecule has 0 aliphatic heterocycles. The lowest BCUT2D eigenvalue weighted by Gasteiger charge is -2.08. The number of methoxy groups -OCH3 is 1. The van der Waals surface area contributed by atoms with Crippen LogP contribution in [0.1, 0.15) is 23.8 Å². The first kappa shape index (κ1) is 9.80. The fraction of sp³-hybridized carbons (Fsp3) is 0.444. The molecule has 0 radical (unpaired) electrons. The van der Waals surface area contributed by atoms with Gasteiger partial charge in [0.1, 0.15) is 5.76 Å². The van der Waals surface area contributed by atoms with Gasteiger partial charge in [-0.1, -0.05) is 0 Å². The molecule has 1 unspecified atom stereocenters. The van der Waals surface area contributed by atoms with Crippen molar-refractivity contribution in [3.05, 3.63) is 23.7 Å². The van der Waals surface area contributed by atoms with Gasteiger partial charge in [0, 0.05) is 11.6 Å². The summed E-state index contributed by atoms with van der Waals surface area (Å²) >= 11 is 0. The lowest BCUT2D eigenvalue weighted by molar-refractivity contribution is -0.141. The lowest BCUT2D eigenvalue weighted by Crippen LogP contribution is -2.16. The molecule has 0 aromatic carbocycles. The first-order valence-electron chi connectivity index (χ1n) is 4.01. The van der Waals surface area contributed by atoms with Gasteiger partial charge < -0.3 is 14.9 Å². The van der Waals surface area contributed by atoms with E-state index >= 15 is 0 Å². The number of hydrogen-bond acceptors (Lipinski definition) is 4. The summed E-state index contributed by atoms with van der Waals surface area (Å²) in [5.74, 6) is 0.435. The van der Waals surface area contributed by atoms with Gasteiger partial charge in [-0.15, -0.1) is 0 Å². The number of hydrogen-bond donors (Lipinski definition) is 1. The lowest BCUT2D eigenvalue weighted by atomic mass is 10.1. The Morgan fingerprint density at radius 3 is 2.92 bits per heavy atom. The second-order valence-electron chi connectivity index (χ2n) is 2.82. The van der Waals surface area contributed by atoms with E-state index in [0.29, 0.717) is 0 Å². The molecule has 2 N–H and O–H groups in total. The number of furan rings is 1. The van der Waals surface area contributed by atoms with Crippen molar-refractivity contribution in [2.24, 2.45) is 5.73 Å². The quantitative estimate of drug-likeness (QED) is 0.714. The Balaban J connectivity index is 2.63. The number of aryl methyl sites for hydroxylation is 1. The molecular formula is C9H13NO3. The van der Waals surface area contributed by atoms with Gasteiger partial charge in [0.15, 0.2) is 0 Å². The second kappa shape index (κ2) is 4.09. The molecule has 0 aliphatic rings. The standard InChI is InChI=1S/C9H13NO3/c1-6-7(3-4-13-6)8(10)5-9(11)12-2/h3-4,8H,5,10H2,1-2H3. The summed E-state index contributed by atoms with van der Waals surface area (Å²) in [6.07, 6.45) is 1.73. The molecule has 1 aromatic rings. The van der Waals surface area contributed by atoms with E-state index in [1.165, 1.54) is 7.11 Å². The summed E-state index contributed by atoms with van der Waals surface area (Å²) in [6, 6.07) is 1.43. The fourth-order valence-electron chi connectivity index (χ4n) is 1.15. The largest absolute Gasteiger partial charge is 0.469 e. The van der Waals surface area contributed by atoms with Gasteiger partial charge in [-0.25, -0.2) is 0 Å². The van der Waals surface area contributed by atoms with Gasteiger partial charge in [0.2, 0.25) is 0 Å². The predicted molar refractivity (Wildman–Crippen MR) is 47.0 cm³/mol. The van der Waals surface area contributed by atoms with Crippen LogP contribution in [0.4, 0.5) is 0 Å². The molecule has 4 heteroatoms. The van der Waals surface area contributed by atoms with Crippen LogP contribution in [0.2, 0.25) is 0 Å². The van der Waals surface area contributed by atoms with Crippen molar-refractivity contribution in [2.75, 3.05) is 7.11 Å². The number of nitrogens with two attached hydrogens (primary N) is 1. The minimum atomic E-state index is -0.341. The van der Waals surface area contributed by atoms with Gasteiger partial charge in [0.25, 0.3) is 0 Å². The Morgan fingerprint density at radius 1 is 1.77 bits per heavy atom. The average Bonchev–Trinajstić information content (AvgIpc) is 2.51. The molecule has 0 saturated carbocycles. The molecule has 1 atom stereocenters. The molecule has 0 aliphatic carbocycles.